The third kappa shape index (κ3) is 2.09. The number of carboxylic acids is 1. The molecule has 5 heteroatoms. The first kappa shape index (κ1) is 12.4. The molecule has 0 bridgehead atoms. The van der Waals surface area contributed by atoms with Crippen molar-refractivity contribution in [2.75, 3.05) is 19.7 Å². The van der Waals surface area contributed by atoms with Crippen LogP contribution in [-0.4, -0.2) is 41.2 Å². The van der Waals surface area contributed by atoms with Gasteiger partial charge < -0.3 is 15.6 Å². The summed E-state index contributed by atoms with van der Waals surface area (Å²) in [4.78, 5) is 13.4. The molecule has 2 unspecified atom stereocenters. The van der Waals surface area contributed by atoms with Crippen molar-refractivity contribution >= 4 is 5.97 Å². The van der Waals surface area contributed by atoms with E-state index in [4.69, 9.17) is 10.5 Å². The largest absolute Gasteiger partial charge is 0.493 e. The molecule has 0 spiro atoms. The molecule has 1 saturated heterocycles. The maximum atomic E-state index is 11.2. The Morgan fingerprint density at radius 2 is 2.26 bits per heavy atom. The van der Waals surface area contributed by atoms with Gasteiger partial charge in [0.25, 0.3) is 0 Å². The Hall–Kier alpha value is -1.59. The van der Waals surface area contributed by atoms with E-state index in [-0.39, 0.29) is 6.04 Å². The monoisotopic (exact) mass is 262 g/mol. The van der Waals surface area contributed by atoms with Crippen LogP contribution in [0.25, 0.3) is 0 Å². The number of aliphatic carboxylic acids is 1. The topological polar surface area (TPSA) is 75.8 Å². The van der Waals surface area contributed by atoms with Gasteiger partial charge in [-0.2, -0.15) is 0 Å². The third-order valence-electron chi connectivity index (χ3n) is 4.12. The van der Waals surface area contributed by atoms with E-state index < -0.39 is 11.5 Å². The summed E-state index contributed by atoms with van der Waals surface area (Å²) < 4.78 is 5.64. The molecule has 2 heterocycles. The molecule has 1 fully saturated rings. The summed E-state index contributed by atoms with van der Waals surface area (Å²) in [6.45, 7) is 1.80. The number of rotatable bonds is 2. The molecule has 5 nitrogen and oxygen atoms in total. The molecule has 2 aliphatic heterocycles. The van der Waals surface area contributed by atoms with E-state index in [1.54, 1.807) is 0 Å². The molecule has 3 N–H and O–H groups in total. The normalized spacial score (nSPS) is 30.7. The zero-order valence-electron chi connectivity index (χ0n) is 10.7. The van der Waals surface area contributed by atoms with Crippen LogP contribution >= 0.6 is 0 Å². The maximum absolute atomic E-state index is 11.2. The number of ether oxygens (including phenoxy) is 1. The number of carboxylic acid groups (broad SMARTS) is 1. The number of nitrogens with zero attached hydrogens (tertiary/aromatic N) is 1. The number of likely N-dealkylation sites (tertiary alicyclic amines) is 1. The van der Waals surface area contributed by atoms with Crippen molar-refractivity contribution < 1.29 is 14.6 Å². The zero-order chi connectivity index (χ0) is 13.5. The predicted molar refractivity (Wildman–Crippen MR) is 70.0 cm³/mol. The fourth-order valence-corrected chi connectivity index (χ4v) is 3.01. The van der Waals surface area contributed by atoms with Gasteiger partial charge in [-0.15, -0.1) is 0 Å². The quantitative estimate of drug-likeness (QED) is 0.831. The average Bonchev–Trinajstić information content (AvgIpc) is 2.82. The van der Waals surface area contributed by atoms with Gasteiger partial charge in [0.2, 0.25) is 0 Å². The van der Waals surface area contributed by atoms with Crippen LogP contribution in [0.5, 0.6) is 5.75 Å². The van der Waals surface area contributed by atoms with Gasteiger partial charge in [-0.1, -0.05) is 18.2 Å². The Labute approximate surface area is 112 Å². The van der Waals surface area contributed by atoms with Crippen molar-refractivity contribution in [1.82, 2.24) is 4.90 Å². The lowest BCUT2D eigenvalue weighted by Crippen LogP contribution is -2.50. The molecule has 0 saturated carbocycles. The first-order valence-corrected chi connectivity index (χ1v) is 6.58. The standard InChI is InChI=1S/C14H18N2O3/c15-14(13(17)18)6-7-16(9-14)11-5-8-19-12-4-2-1-3-10(11)12/h1-4,11H,5-9,15H2,(H,17,18). The van der Waals surface area contributed by atoms with Gasteiger partial charge in [0, 0.05) is 31.1 Å². The fraction of sp³-hybridized carbons (Fsp3) is 0.500. The Bertz CT molecular complexity index is 505. The van der Waals surface area contributed by atoms with Crippen LogP contribution in [0.15, 0.2) is 24.3 Å². The van der Waals surface area contributed by atoms with E-state index in [9.17, 15) is 9.90 Å². The van der Waals surface area contributed by atoms with Crippen molar-refractivity contribution in [3.8, 4) is 5.75 Å². The summed E-state index contributed by atoms with van der Waals surface area (Å²) in [5.74, 6) is -0.000981. The smallest absolute Gasteiger partial charge is 0.325 e. The number of fused-ring (bicyclic) bond motifs is 1. The summed E-state index contributed by atoms with van der Waals surface area (Å²) >= 11 is 0. The van der Waals surface area contributed by atoms with Crippen molar-refractivity contribution in [2.45, 2.75) is 24.4 Å². The van der Waals surface area contributed by atoms with E-state index in [1.165, 1.54) is 0 Å². The highest BCUT2D eigenvalue weighted by atomic mass is 16.5. The molecular formula is C14H18N2O3. The van der Waals surface area contributed by atoms with Crippen LogP contribution in [0.1, 0.15) is 24.4 Å². The van der Waals surface area contributed by atoms with Crippen molar-refractivity contribution in [1.29, 1.82) is 0 Å². The summed E-state index contributed by atoms with van der Waals surface area (Å²) in [6, 6.07) is 8.18. The van der Waals surface area contributed by atoms with Crippen LogP contribution in [0.3, 0.4) is 0 Å². The van der Waals surface area contributed by atoms with E-state index in [2.05, 4.69) is 11.0 Å². The Morgan fingerprint density at radius 1 is 1.47 bits per heavy atom. The van der Waals surface area contributed by atoms with Gasteiger partial charge in [0.1, 0.15) is 11.3 Å². The van der Waals surface area contributed by atoms with Gasteiger partial charge in [0.15, 0.2) is 0 Å². The second kappa shape index (κ2) is 4.51. The minimum atomic E-state index is -1.10. The SMILES string of the molecule is NC1(C(=O)O)CCN(C2CCOc3ccccc32)C1. The number of para-hydroxylation sites is 1. The molecule has 0 aliphatic carbocycles. The summed E-state index contributed by atoms with van der Waals surface area (Å²) in [6.07, 6.45) is 1.38. The molecule has 102 valence electrons. The van der Waals surface area contributed by atoms with Gasteiger partial charge in [-0.25, -0.2) is 0 Å². The molecule has 1 aromatic rings. The molecule has 0 amide bonds. The zero-order valence-corrected chi connectivity index (χ0v) is 10.7. The highest BCUT2D eigenvalue weighted by Crippen LogP contribution is 2.38. The molecule has 19 heavy (non-hydrogen) atoms. The van der Waals surface area contributed by atoms with Gasteiger partial charge in [-0.3, -0.25) is 9.69 Å². The first-order valence-electron chi connectivity index (χ1n) is 6.58. The molecule has 1 aromatic carbocycles. The Balaban J connectivity index is 1.84. The van der Waals surface area contributed by atoms with E-state index in [0.29, 0.717) is 19.6 Å². The number of carbonyl (C=O) groups is 1. The highest BCUT2D eigenvalue weighted by Gasteiger charge is 2.44. The molecule has 3 rings (SSSR count). The Kier molecular flexibility index (Phi) is 2.95. The molecule has 0 radical (unpaired) electrons. The second-order valence-corrected chi connectivity index (χ2v) is 5.37. The number of nitrogens with two attached hydrogens (primary N) is 1. The first-order chi connectivity index (χ1) is 9.10. The van der Waals surface area contributed by atoms with E-state index in [1.807, 2.05) is 18.2 Å². The molecule has 0 aromatic heterocycles. The third-order valence-corrected chi connectivity index (χ3v) is 4.12. The maximum Gasteiger partial charge on any atom is 0.325 e. The predicted octanol–water partition coefficient (Wildman–Crippen LogP) is 0.998. The van der Waals surface area contributed by atoms with Crippen molar-refractivity contribution in [2.24, 2.45) is 5.73 Å². The second-order valence-electron chi connectivity index (χ2n) is 5.37. The summed E-state index contributed by atoms with van der Waals surface area (Å²) in [7, 11) is 0. The summed E-state index contributed by atoms with van der Waals surface area (Å²) in [5, 5.41) is 9.21. The van der Waals surface area contributed by atoms with Gasteiger partial charge in [-0.05, 0) is 12.5 Å². The Morgan fingerprint density at radius 3 is 3.00 bits per heavy atom. The van der Waals surface area contributed by atoms with Gasteiger partial charge >= 0.3 is 5.97 Å². The fourth-order valence-electron chi connectivity index (χ4n) is 3.01. The number of hydrogen-bond acceptors (Lipinski definition) is 4. The molecule has 2 aliphatic rings. The van der Waals surface area contributed by atoms with Crippen LogP contribution in [-0.2, 0) is 4.79 Å². The average molecular weight is 262 g/mol. The van der Waals surface area contributed by atoms with Crippen LogP contribution in [0.4, 0.5) is 0 Å². The van der Waals surface area contributed by atoms with Crippen molar-refractivity contribution in [3.05, 3.63) is 29.8 Å². The van der Waals surface area contributed by atoms with E-state index in [0.717, 1.165) is 24.3 Å². The van der Waals surface area contributed by atoms with Crippen LogP contribution < -0.4 is 10.5 Å². The minimum absolute atomic E-state index is 0.217. The van der Waals surface area contributed by atoms with E-state index >= 15 is 0 Å². The minimum Gasteiger partial charge on any atom is -0.493 e. The van der Waals surface area contributed by atoms with Gasteiger partial charge in [0.05, 0.1) is 6.61 Å². The molecular weight excluding hydrogens is 244 g/mol. The summed E-state index contributed by atoms with van der Waals surface area (Å²) in [5.41, 5.74) is 5.98. The number of hydrogen-bond donors (Lipinski definition) is 2. The number of benzene rings is 1. The van der Waals surface area contributed by atoms with Crippen LogP contribution in [0, 0.1) is 0 Å². The highest BCUT2D eigenvalue weighted by molar-refractivity contribution is 5.79. The lowest BCUT2D eigenvalue weighted by Gasteiger charge is -2.33. The lowest BCUT2D eigenvalue weighted by atomic mass is 9.98. The van der Waals surface area contributed by atoms with Crippen molar-refractivity contribution in [3.63, 3.8) is 0 Å². The molecule has 2 atom stereocenters. The van der Waals surface area contributed by atoms with Crippen LogP contribution in [0.2, 0.25) is 0 Å². The lowest BCUT2D eigenvalue weighted by molar-refractivity contribution is -0.142.